The maximum atomic E-state index is 13.4. The van der Waals surface area contributed by atoms with Crippen LogP contribution in [0.15, 0.2) is 12.2 Å². The molecule has 0 aromatic rings. The Morgan fingerprint density at radius 3 is 1.45 bits per heavy atom. The van der Waals surface area contributed by atoms with Gasteiger partial charge in [0, 0.05) is 6.42 Å². The summed E-state index contributed by atoms with van der Waals surface area (Å²) < 4.78 is 13.4. The van der Waals surface area contributed by atoms with E-state index >= 15 is 0 Å². The van der Waals surface area contributed by atoms with Crippen molar-refractivity contribution in [3.05, 3.63) is 12.2 Å². The highest BCUT2D eigenvalue weighted by Gasteiger charge is 2.67. The monoisotopic (exact) mass is 408 g/mol. The van der Waals surface area contributed by atoms with Gasteiger partial charge in [0.25, 0.3) is 0 Å². The van der Waals surface area contributed by atoms with Gasteiger partial charge in [-0.05, 0) is 43.9 Å². The van der Waals surface area contributed by atoms with Crippen molar-refractivity contribution in [1.29, 1.82) is 0 Å². The van der Waals surface area contributed by atoms with Crippen molar-refractivity contribution >= 4 is 5.97 Å². The van der Waals surface area contributed by atoms with E-state index in [4.69, 9.17) is 5.11 Å². The molecule has 1 N–H and O–H groups in total. The van der Waals surface area contributed by atoms with Gasteiger partial charge in [-0.1, -0.05) is 102 Å². The van der Waals surface area contributed by atoms with E-state index in [0.717, 1.165) is 32.1 Å². The second-order valence-corrected chi connectivity index (χ2v) is 10.0. The van der Waals surface area contributed by atoms with Crippen molar-refractivity contribution in [3.63, 3.8) is 0 Å². The van der Waals surface area contributed by atoms with Gasteiger partial charge in [0.15, 0.2) is 0 Å². The number of halogens is 1. The van der Waals surface area contributed by atoms with Crippen LogP contribution in [0.2, 0.25) is 0 Å². The Kier molecular flexibility index (Phi) is 11.3. The number of carboxylic acids is 1. The number of unbranched alkanes of at least 4 members (excludes halogenated alkanes) is 16. The van der Waals surface area contributed by atoms with Crippen molar-refractivity contribution in [2.45, 2.75) is 141 Å². The molecule has 3 aliphatic rings. The van der Waals surface area contributed by atoms with Crippen LogP contribution in [-0.2, 0) is 4.79 Å². The van der Waals surface area contributed by atoms with E-state index in [0.29, 0.717) is 6.42 Å². The van der Waals surface area contributed by atoms with E-state index in [1.54, 1.807) is 0 Å². The van der Waals surface area contributed by atoms with Crippen molar-refractivity contribution in [2.24, 2.45) is 5.41 Å². The lowest BCUT2D eigenvalue weighted by Crippen LogP contribution is -2.63. The average molecular weight is 409 g/mol. The molecular weight excluding hydrogens is 363 g/mol. The Balaban J connectivity index is 1.20. The minimum atomic E-state index is -0.754. The summed E-state index contributed by atoms with van der Waals surface area (Å²) in [5.74, 6) is -0.660. The van der Waals surface area contributed by atoms with Crippen LogP contribution in [0.5, 0.6) is 0 Å². The van der Waals surface area contributed by atoms with Crippen molar-refractivity contribution in [1.82, 2.24) is 0 Å². The average Bonchev–Trinajstić information content (AvgIpc) is 2.63. The number of hydrogen-bond donors (Lipinski definition) is 1. The third-order valence-corrected chi connectivity index (χ3v) is 6.99. The molecule has 3 aliphatic carbocycles. The molecule has 0 unspecified atom stereocenters. The largest absolute Gasteiger partial charge is 0.481 e. The van der Waals surface area contributed by atoms with E-state index in [2.05, 4.69) is 12.2 Å². The Hall–Kier alpha value is -0.860. The Morgan fingerprint density at radius 1 is 0.690 bits per heavy atom. The highest BCUT2D eigenvalue weighted by atomic mass is 19.1. The topological polar surface area (TPSA) is 37.3 Å². The third kappa shape index (κ3) is 10.1. The summed E-state index contributed by atoms with van der Waals surface area (Å²) in [6.45, 7) is 0. The molecule has 0 heterocycles. The Bertz CT molecular complexity index is 465. The molecule has 2 bridgehead atoms. The quantitative estimate of drug-likeness (QED) is 0.162. The fraction of sp³-hybridized carbons (Fsp3) is 0.885. The second-order valence-electron chi connectivity index (χ2n) is 10.0. The predicted molar refractivity (Wildman–Crippen MR) is 120 cm³/mol. The molecule has 3 rings (SSSR count). The molecule has 168 valence electrons. The molecule has 0 aromatic heterocycles. The first kappa shape index (κ1) is 24.4. The summed E-state index contributed by atoms with van der Waals surface area (Å²) in [6.07, 6.45) is 29.4. The van der Waals surface area contributed by atoms with Crippen LogP contribution in [0.4, 0.5) is 4.39 Å². The molecule has 29 heavy (non-hydrogen) atoms. The van der Waals surface area contributed by atoms with Crippen LogP contribution >= 0.6 is 0 Å². The molecule has 3 saturated carbocycles. The van der Waals surface area contributed by atoms with Crippen LogP contribution in [-0.4, -0.2) is 16.7 Å². The standard InChI is InChI=1S/C26H45FO2/c27-26-21-25(22-26,23-26)20-18-16-14-12-10-8-6-4-2-1-3-5-7-9-11-13-15-17-19-24(28)29/h18,20H,1-17,19,21-23H2,(H,28,29)/b20-18+. The van der Waals surface area contributed by atoms with E-state index in [1.807, 2.05) is 0 Å². The van der Waals surface area contributed by atoms with Gasteiger partial charge in [-0.2, -0.15) is 0 Å². The van der Waals surface area contributed by atoms with Crippen LogP contribution in [0, 0.1) is 5.41 Å². The van der Waals surface area contributed by atoms with Gasteiger partial charge in [0.05, 0.1) is 0 Å². The molecule has 0 aliphatic heterocycles. The lowest BCUT2D eigenvalue weighted by Gasteiger charge is -2.64. The summed E-state index contributed by atoms with van der Waals surface area (Å²) in [5, 5.41) is 8.58. The molecule has 0 amide bonds. The summed E-state index contributed by atoms with van der Waals surface area (Å²) in [5.41, 5.74) is -0.464. The van der Waals surface area contributed by atoms with E-state index < -0.39 is 11.6 Å². The minimum absolute atomic E-state index is 0.290. The smallest absolute Gasteiger partial charge is 0.303 e. The second kappa shape index (κ2) is 13.4. The molecule has 2 nitrogen and oxygen atoms in total. The number of hydrogen-bond acceptors (Lipinski definition) is 1. The maximum absolute atomic E-state index is 13.4. The van der Waals surface area contributed by atoms with Crippen molar-refractivity contribution < 1.29 is 14.3 Å². The zero-order chi connectivity index (χ0) is 20.8. The molecule has 0 spiro atoms. The Labute approximate surface area is 178 Å². The van der Waals surface area contributed by atoms with Gasteiger partial charge < -0.3 is 5.11 Å². The number of aliphatic carboxylic acids is 1. The third-order valence-electron chi connectivity index (χ3n) is 6.99. The highest BCUT2D eigenvalue weighted by molar-refractivity contribution is 5.66. The number of allylic oxidation sites excluding steroid dienone is 2. The van der Waals surface area contributed by atoms with Crippen LogP contribution < -0.4 is 0 Å². The predicted octanol–water partition coefficient (Wildman–Crippen LogP) is 8.54. The van der Waals surface area contributed by atoms with Gasteiger partial charge in [-0.25, -0.2) is 4.39 Å². The summed E-state index contributed by atoms with van der Waals surface area (Å²) in [6, 6.07) is 0. The summed E-state index contributed by atoms with van der Waals surface area (Å²) >= 11 is 0. The van der Waals surface area contributed by atoms with E-state index in [9.17, 15) is 9.18 Å². The highest BCUT2D eigenvalue weighted by Crippen LogP contribution is 2.70. The number of carbonyl (C=O) groups is 1. The van der Waals surface area contributed by atoms with Crippen LogP contribution in [0.3, 0.4) is 0 Å². The van der Waals surface area contributed by atoms with Crippen molar-refractivity contribution in [2.75, 3.05) is 0 Å². The SMILES string of the molecule is O=C(O)CCCCCCCCCCCCCCCCCC/C=C/C12CC(F)(C1)C2. The first-order chi connectivity index (χ1) is 14.0. The normalized spacial score (nSPS) is 25.1. The van der Waals surface area contributed by atoms with Gasteiger partial charge in [0.1, 0.15) is 5.67 Å². The Morgan fingerprint density at radius 2 is 1.07 bits per heavy atom. The molecule has 0 atom stereocenters. The molecule has 3 heteroatoms. The summed E-state index contributed by atoms with van der Waals surface area (Å²) in [7, 11) is 0. The first-order valence-electron chi connectivity index (χ1n) is 12.6. The molecule has 0 saturated heterocycles. The van der Waals surface area contributed by atoms with Crippen LogP contribution in [0.1, 0.15) is 135 Å². The fourth-order valence-electron chi connectivity index (χ4n) is 5.26. The molecule has 0 aromatic carbocycles. The van der Waals surface area contributed by atoms with Gasteiger partial charge in [-0.3, -0.25) is 4.79 Å². The summed E-state index contributed by atoms with van der Waals surface area (Å²) in [4.78, 5) is 10.4. The van der Waals surface area contributed by atoms with Gasteiger partial charge >= 0.3 is 5.97 Å². The molecule has 0 radical (unpaired) electrons. The lowest BCUT2D eigenvalue weighted by atomic mass is 9.42. The minimum Gasteiger partial charge on any atom is -0.481 e. The van der Waals surface area contributed by atoms with Crippen LogP contribution in [0.25, 0.3) is 0 Å². The first-order valence-corrected chi connectivity index (χ1v) is 12.6. The number of alkyl halides is 1. The number of carboxylic acid groups (broad SMARTS) is 1. The lowest BCUT2D eigenvalue weighted by molar-refractivity contribution is -0.182. The maximum Gasteiger partial charge on any atom is 0.303 e. The fourth-order valence-corrected chi connectivity index (χ4v) is 5.26. The molecular formula is C26H45FO2. The van der Waals surface area contributed by atoms with Crippen molar-refractivity contribution in [3.8, 4) is 0 Å². The molecule has 3 fully saturated rings. The van der Waals surface area contributed by atoms with E-state index in [1.165, 1.54) is 96.3 Å². The number of rotatable bonds is 20. The zero-order valence-corrected chi connectivity index (χ0v) is 18.7. The van der Waals surface area contributed by atoms with E-state index in [-0.39, 0.29) is 5.41 Å². The van der Waals surface area contributed by atoms with Gasteiger partial charge in [-0.15, -0.1) is 0 Å². The van der Waals surface area contributed by atoms with Gasteiger partial charge in [0.2, 0.25) is 0 Å². The zero-order valence-electron chi connectivity index (χ0n) is 18.7.